The van der Waals surface area contributed by atoms with Crippen molar-refractivity contribution in [1.82, 2.24) is 10.3 Å². The molecule has 0 saturated carbocycles. The van der Waals surface area contributed by atoms with Crippen molar-refractivity contribution in [1.29, 1.82) is 0 Å². The zero-order valence-electron chi connectivity index (χ0n) is 10.4. The van der Waals surface area contributed by atoms with E-state index in [4.69, 9.17) is 5.11 Å². The van der Waals surface area contributed by atoms with Gasteiger partial charge >= 0.3 is 5.97 Å². The molecular weight excluding hydrogens is 296 g/mol. The lowest BCUT2D eigenvalue weighted by Crippen LogP contribution is -2.24. The summed E-state index contributed by atoms with van der Waals surface area (Å²) in [6, 6.07) is 6.97. The van der Waals surface area contributed by atoms with Crippen molar-refractivity contribution in [3.63, 3.8) is 0 Å². The van der Waals surface area contributed by atoms with Gasteiger partial charge in [0.1, 0.15) is 0 Å². The van der Waals surface area contributed by atoms with Crippen LogP contribution in [0.15, 0.2) is 40.9 Å². The molecule has 0 aliphatic heterocycles. The average Bonchev–Trinajstić information content (AvgIpc) is 2.96. The van der Waals surface area contributed by atoms with Gasteiger partial charge in [0, 0.05) is 11.1 Å². The van der Waals surface area contributed by atoms with E-state index in [1.807, 2.05) is 17.5 Å². The number of hydrogen-bond donors (Lipinski definition) is 2. The Morgan fingerprint density at radius 3 is 2.80 bits per heavy atom. The normalized spacial score (nSPS) is 10.2. The number of carboxylic acids is 1. The smallest absolute Gasteiger partial charge is 0.337 e. The highest BCUT2D eigenvalue weighted by Gasteiger charge is 2.06. The van der Waals surface area contributed by atoms with E-state index in [-0.39, 0.29) is 17.2 Å². The first-order valence-electron chi connectivity index (χ1n) is 5.76. The third-order valence-corrected chi connectivity index (χ3v) is 4.19. The van der Waals surface area contributed by atoms with Crippen molar-refractivity contribution in [3.05, 3.63) is 46.3 Å². The Balaban J connectivity index is 1.76. The lowest BCUT2D eigenvalue weighted by molar-refractivity contribution is -0.118. The molecule has 2 aromatic heterocycles. The Hall–Kier alpha value is -1.86. The molecule has 2 N–H and O–H groups in total. The minimum Gasteiger partial charge on any atom is -0.478 e. The Morgan fingerprint density at radius 2 is 2.20 bits per heavy atom. The lowest BCUT2D eigenvalue weighted by atomic mass is 10.3. The zero-order valence-corrected chi connectivity index (χ0v) is 12.0. The fraction of sp³-hybridized carbons (Fsp3) is 0.154. The van der Waals surface area contributed by atoms with E-state index < -0.39 is 5.97 Å². The van der Waals surface area contributed by atoms with Crippen LogP contribution in [-0.4, -0.2) is 27.7 Å². The molecule has 2 heterocycles. The number of carboxylic acid groups (broad SMARTS) is 1. The number of nitrogens with zero attached hydrogens (tertiary/aromatic N) is 1. The average molecular weight is 308 g/mol. The molecule has 0 spiro atoms. The van der Waals surface area contributed by atoms with Gasteiger partial charge in [0.15, 0.2) is 0 Å². The number of thioether (sulfide) groups is 1. The molecule has 7 heteroatoms. The summed E-state index contributed by atoms with van der Waals surface area (Å²) in [4.78, 5) is 27.4. The van der Waals surface area contributed by atoms with E-state index in [9.17, 15) is 9.59 Å². The largest absolute Gasteiger partial charge is 0.478 e. The molecule has 0 aliphatic carbocycles. The van der Waals surface area contributed by atoms with E-state index in [1.165, 1.54) is 24.0 Å². The Bertz CT molecular complexity index is 582. The summed E-state index contributed by atoms with van der Waals surface area (Å²) < 4.78 is 0. The number of nitrogens with one attached hydrogen (secondary N) is 1. The van der Waals surface area contributed by atoms with Crippen LogP contribution < -0.4 is 5.32 Å². The highest BCUT2D eigenvalue weighted by Crippen LogP contribution is 2.15. The minimum atomic E-state index is -1.01. The summed E-state index contributed by atoms with van der Waals surface area (Å²) in [5, 5.41) is 14.1. The summed E-state index contributed by atoms with van der Waals surface area (Å²) in [6.07, 6.45) is 1.29. The summed E-state index contributed by atoms with van der Waals surface area (Å²) in [7, 11) is 0. The first kappa shape index (κ1) is 14.5. The van der Waals surface area contributed by atoms with Crippen molar-refractivity contribution < 1.29 is 14.7 Å². The molecule has 0 aliphatic rings. The Kier molecular flexibility index (Phi) is 5.14. The highest BCUT2D eigenvalue weighted by atomic mass is 32.2. The van der Waals surface area contributed by atoms with Gasteiger partial charge in [-0.05, 0) is 23.6 Å². The molecular formula is C13H12N2O3S2. The van der Waals surface area contributed by atoms with Crippen LogP contribution in [0.2, 0.25) is 0 Å². The topological polar surface area (TPSA) is 79.3 Å². The van der Waals surface area contributed by atoms with Crippen molar-refractivity contribution in [2.24, 2.45) is 0 Å². The van der Waals surface area contributed by atoms with Gasteiger partial charge in [-0.15, -0.1) is 11.3 Å². The van der Waals surface area contributed by atoms with Gasteiger partial charge in [-0.25, -0.2) is 9.78 Å². The molecule has 0 radical (unpaired) electrons. The SMILES string of the molecule is O=C(CSc1ccc(C(=O)O)cn1)NCc1cccs1. The first-order chi connectivity index (χ1) is 9.65. The predicted molar refractivity (Wildman–Crippen MR) is 78.1 cm³/mol. The number of amides is 1. The summed E-state index contributed by atoms with van der Waals surface area (Å²) >= 11 is 2.87. The van der Waals surface area contributed by atoms with Gasteiger partial charge < -0.3 is 10.4 Å². The van der Waals surface area contributed by atoms with Crippen LogP contribution in [0, 0.1) is 0 Å². The molecule has 0 fully saturated rings. The van der Waals surface area contributed by atoms with Crippen LogP contribution in [0.1, 0.15) is 15.2 Å². The van der Waals surface area contributed by atoms with Gasteiger partial charge in [0.05, 0.1) is 22.9 Å². The molecule has 5 nitrogen and oxygen atoms in total. The second-order valence-corrected chi connectivity index (χ2v) is 5.86. The van der Waals surface area contributed by atoms with Gasteiger partial charge in [-0.1, -0.05) is 17.8 Å². The maximum absolute atomic E-state index is 11.6. The monoisotopic (exact) mass is 308 g/mol. The number of thiophene rings is 1. The predicted octanol–water partition coefficient (Wildman–Crippen LogP) is 2.25. The van der Waals surface area contributed by atoms with Gasteiger partial charge in [0.25, 0.3) is 0 Å². The molecule has 2 aromatic rings. The van der Waals surface area contributed by atoms with E-state index in [0.29, 0.717) is 11.6 Å². The molecule has 1 amide bonds. The fourth-order valence-corrected chi connectivity index (χ4v) is 2.70. The fourth-order valence-electron chi connectivity index (χ4n) is 1.38. The standard InChI is InChI=1S/C13H12N2O3S2/c16-11(14-7-10-2-1-5-19-10)8-20-12-4-3-9(6-15-12)13(17)18/h1-6H,7-8H2,(H,14,16)(H,17,18). The van der Waals surface area contributed by atoms with Crippen LogP contribution in [0.3, 0.4) is 0 Å². The second-order valence-electron chi connectivity index (χ2n) is 3.84. The van der Waals surface area contributed by atoms with Crippen LogP contribution in [0.25, 0.3) is 0 Å². The number of hydrogen-bond acceptors (Lipinski definition) is 5. The summed E-state index contributed by atoms with van der Waals surface area (Å²) in [6.45, 7) is 0.530. The van der Waals surface area contributed by atoms with Gasteiger partial charge in [-0.3, -0.25) is 4.79 Å². The first-order valence-corrected chi connectivity index (χ1v) is 7.63. The number of rotatable bonds is 6. The third-order valence-electron chi connectivity index (χ3n) is 2.37. The van der Waals surface area contributed by atoms with E-state index in [2.05, 4.69) is 10.3 Å². The molecule has 20 heavy (non-hydrogen) atoms. The molecule has 2 rings (SSSR count). The Labute approximate surface area is 124 Å². The molecule has 0 bridgehead atoms. The summed E-state index contributed by atoms with van der Waals surface area (Å²) in [5.41, 5.74) is 0.136. The number of carbonyl (C=O) groups is 2. The van der Waals surface area contributed by atoms with E-state index in [0.717, 1.165) is 4.88 Å². The Morgan fingerprint density at radius 1 is 1.35 bits per heavy atom. The quantitative estimate of drug-likeness (QED) is 0.800. The number of aromatic carboxylic acids is 1. The summed E-state index contributed by atoms with van der Waals surface area (Å²) in [5.74, 6) is -0.833. The highest BCUT2D eigenvalue weighted by molar-refractivity contribution is 7.99. The maximum Gasteiger partial charge on any atom is 0.337 e. The van der Waals surface area contributed by atoms with E-state index in [1.54, 1.807) is 17.4 Å². The third kappa shape index (κ3) is 4.36. The number of pyridine rings is 1. The molecule has 0 unspecified atom stereocenters. The second kappa shape index (κ2) is 7.06. The van der Waals surface area contributed by atoms with Gasteiger partial charge in [0.2, 0.25) is 5.91 Å². The van der Waals surface area contributed by atoms with Crippen LogP contribution in [0.4, 0.5) is 0 Å². The minimum absolute atomic E-state index is 0.0764. The van der Waals surface area contributed by atoms with Crippen molar-refractivity contribution in [2.45, 2.75) is 11.6 Å². The number of carbonyl (C=O) groups excluding carboxylic acids is 1. The van der Waals surface area contributed by atoms with Crippen molar-refractivity contribution >= 4 is 35.0 Å². The van der Waals surface area contributed by atoms with Crippen LogP contribution in [0.5, 0.6) is 0 Å². The molecule has 0 aromatic carbocycles. The van der Waals surface area contributed by atoms with Gasteiger partial charge in [-0.2, -0.15) is 0 Å². The molecule has 104 valence electrons. The van der Waals surface area contributed by atoms with Crippen LogP contribution in [-0.2, 0) is 11.3 Å². The molecule has 0 atom stereocenters. The van der Waals surface area contributed by atoms with E-state index >= 15 is 0 Å². The van der Waals surface area contributed by atoms with Crippen LogP contribution >= 0.6 is 23.1 Å². The zero-order chi connectivity index (χ0) is 14.4. The lowest BCUT2D eigenvalue weighted by Gasteiger charge is -2.03. The molecule has 0 saturated heterocycles. The number of aromatic nitrogens is 1. The van der Waals surface area contributed by atoms with Crippen molar-refractivity contribution in [3.8, 4) is 0 Å². The maximum atomic E-state index is 11.6. The van der Waals surface area contributed by atoms with Crippen molar-refractivity contribution in [2.75, 3.05) is 5.75 Å².